The SMILES string of the molecule is Cc1ccc(N2CCN([C@@H](C)C(=O)N[C@@H](C)c3ccccc3)CC2)cc1. The Morgan fingerprint density at radius 3 is 2.15 bits per heavy atom. The lowest BCUT2D eigenvalue weighted by Crippen LogP contribution is -2.54. The quantitative estimate of drug-likeness (QED) is 0.897. The van der Waals surface area contributed by atoms with Crippen LogP contribution >= 0.6 is 0 Å². The van der Waals surface area contributed by atoms with Gasteiger partial charge in [-0.05, 0) is 38.5 Å². The van der Waals surface area contributed by atoms with Crippen LogP contribution in [-0.2, 0) is 4.79 Å². The van der Waals surface area contributed by atoms with Crippen LogP contribution in [0.3, 0.4) is 0 Å². The van der Waals surface area contributed by atoms with E-state index in [-0.39, 0.29) is 18.0 Å². The van der Waals surface area contributed by atoms with Gasteiger partial charge in [-0.3, -0.25) is 9.69 Å². The topological polar surface area (TPSA) is 35.6 Å². The minimum atomic E-state index is -0.110. The molecule has 0 bridgehead atoms. The third-order valence-corrected chi connectivity index (χ3v) is 5.30. The van der Waals surface area contributed by atoms with Gasteiger partial charge in [0.25, 0.3) is 0 Å². The second-order valence-corrected chi connectivity index (χ2v) is 7.18. The number of carbonyl (C=O) groups is 1. The van der Waals surface area contributed by atoms with Crippen molar-refractivity contribution in [1.29, 1.82) is 0 Å². The fraction of sp³-hybridized carbons (Fsp3) is 0.409. The second kappa shape index (κ2) is 8.37. The second-order valence-electron chi connectivity index (χ2n) is 7.18. The first-order valence-corrected chi connectivity index (χ1v) is 9.45. The van der Waals surface area contributed by atoms with Crippen LogP contribution < -0.4 is 10.2 Å². The Morgan fingerprint density at radius 2 is 1.54 bits per heavy atom. The predicted molar refractivity (Wildman–Crippen MR) is 107 cm³/mol. The standard InChI is InChI=1S/C22H29N3O/c1-17-9-11-21(12-10-17)25-15-13-24(14-16-25)19(3)22(26)23-18(2)20-7-5-4-6-8-20/h4-12,18-19H,13-16H2,1-3H3,(H,23,26)/t18-,19-/m0/s1. The zero-order valence-corrected chi connectivity index (χ0v) is 16.0. The largest absolute Gasteiger partial charge is 0.369 e. The van der Waals surface area contributed by atoms with E-state index in [4.69, 9.17) is 0 Å². The van der Waals surface area contributed by atoms with Gasteiger partial charge in [0.1, 0.15) is 0 Å². The van der Waals surface area contributed by atoms with Crippen LogP contribution in [0.5, 0.6) is 0 Å². The summed E-state index contributed by atoms with van der Waals surface area (Å²) in [5.41, 5.74) is 3.69. The number of hydrogen-bond donors (Lipinski definition) is 1. The maximum absolute atomic E-state index is 12.6. The molecule has 0 spiro atoms. The molecule has 1 aliphatic heterocycles. The summed E-state index contributed by atoms with van der Waals surface area (Å²) in [6, 6.07) is 18.7. The Hall–Kier alpha value is -2.33. The Kier molecular flexibility index (Phi) is 5.94. The zero-order valence-electron chi connectivity index (χ0n) is 16.0. The van der Waals surface area contributed by atoms with Gasteiger partial charge < -0.3 is 10.2 Å². The number of nitrogens with zero attached hydrogens (tertiary/aromatic N) is 2. The van der Waals surface area contributed by atoms with E-state index in [1.807, 2.05) is 32.0 Å². The van der Waals surface area contributed by atoms with Crippen molar-refractivity contribution >= 4 is 11.6 Å². The van der Waals surface area contributed by atoms with Crippen LogP contribution in [0.15, 0.2) is 54.6 Å². The van der Waals surface area contributed by atoms with Gasteiger partial charge in [0.05, 0.1) is 12.1 Å². The number of anilines is 1. The molecule has 26 heavy (non-hydrogen) atoms. The molecule has 138 valence electrons. The van der Waals surface area contributed by atoms with Crippen molar-refractivity contribution < 1.29 is 4.79 Å². The number of rotatable bonds is 5. The van der Waals surface area contributed by atoms with Gasteiger partial charge >= 0.3 is 0 Å². The summed E-state index contributed by atoms with van der Waals surface area (Å²) in [5.74, 6) is 0.102. The monoisotopic (exact) mass is 351 g/mol. The summed E-state index contributed by atoms with van der Waals surface area (Å²) in [4.78, 5) is 17.3. The van der Waals surface area contributed by atoms with Crippen LogP contribution in [0.25, 0.3) is 0 Å². The summed E-state index contributed by atoms with van der Waals surface area (Å²) in [7, 11) is 0. The Bertz CT molecular complexity index is 706. The summed E-state index contributed by atoms with van der Waals surface area (Å²) in [6.45, 7) is 9.87. The van der Waals surface area contributed by atoms with Crippen LogP contribution in [0.2, 0.25) is 0 Å². The van der Waals surface area contributed by atoms with Crippen molar-refractivity contribution in [1.82, 2.24) is 10.2 Å². The smallest absolute Gasteiger partial charge is 0.237 e. The predicted octanol–water partition coefficient (Wildman–Crippen LogP) is 3.38. The summed E-state index contributed by atoms with van der Waals surface area (Å²) in [5, 5.41) is 3.15. The number of hydrogen-bond acceptors (Lipinski definition) is 3. The van der Waals surface area contributed by atoms with Crippen molar-refractivity contribution in [2.45, 2.75) is 32.9 Å². The third kappa shape index (κ3) is 4.44. The number of piperazine rings is 1. The first kappa shape index (κ1) is 18.5. The number of aryl methyl sites for hydroxylation is 1. The minimum absolute atomic E-state index is 0.0278. The van der Waals surface area contributed by atoms with E-state index >= 15 is 0 Å². The maximum Gasteiger partial charge on any atom is 0.237 e. The molecule has 0 unspecified atom stereocenters. The van der Waals surface area contributed by atoms with Gasteiger partial charge in [0, 0.05) is 31.9 Å². The van der Waals surface area contributed by atoms with Crippen molar-refractivity contribution in [3.8, 4) is 0 Å². The van der Waals surface area contributed by atoms with Gasteiger partial charge in [-0.15, -0.1) is 0 Å². The maximum atomic E-state index is 12.6. The van der Waals surface area contributed by atoms with Crippen molar-refractivity contribution in [3.63, 3.8) is 0 Å². The Labute approximate surface area is 156 Å². The van der Waals surface area contributed by atoms with Gasteiger partial charge in [0.2, 0.25) is 5.91 Å². The van der Waals surface area contributed by atoms with E-state index in [1.165, 1.54) is 11.3 Å². The molecule has 1 aliphatic rings. The van der Waals surface area contributed by atoms with Crippen LogP contribution in [0.4, 0.5) is 5.69 Å². The van der Waals surface area contributed by atoms with E-state index in [0.717, 1.165) is 31.7 Å². The molecular formula is C22H29N3O. The molecule has 1 fully saturated rings. The van der Waals surface area contributed by atoms with Crippen LogP contribution in [-0.4, -0.2) is 43.0 Å². The first-order chi connectivity index (χ1) is 12.5. The molecule has 4 nitrogen and oxygen atoms in total. The van der Waals surface area contributed by atoms with E-state index in [9.17, 15) is 4.79 Å². The highest BCUT2D eigenvalue weighted by Gasteiger charge is 2.26. The van der Waals surface area contributed by atoms with Crippen LogP contribution in [0.1, 0.15) is 31.0 Å². The highest BCUT2D eigenvalue weighted by molar-refractivity contribution is 5.81. The molecule has 2 aromatic rings. The average molecular weight is 351 g/mol. The van der Waals surface area contributed by atoms with Gasteiger partial charge in [-0.2, -0.15) is 0 Å². The molecule has 0 radical (unpaired) electrons. The van der Waals surface area contributed by atoms with Crippen molar-refractivity contribution in [2.75, 3.05) is 31.1 Å². The summed E-state index contributed by atoms with van der Waals surface area (Å²) >= 11 is 0. The molecule has 3 rings (SSSR count). The first-order valence-electron chi connectivity index (χ1n) is 9.45. The molecule has 1 N–H and O–H groups in total. The molecule has 1 heterocycles. The fourth-order valence-corrected chi connectivity index (χ4v) is 3.45. The number of nitrogens with one attached hydrogen (secondary N) is 1. The number of carbonyl (C=O) groups excluding carboxylic acids is 1. The molecule has 0 aliphatic carbocycles. The molecule has 4 heteroatoms. The molecule has 2 atom stereocenters. The summed E-state index contributed by atoms with van der Waals surface area (Å²) in [6.07, 6.45) is 0. The van der Waals surface area contributed by atoms with E-state index in [0.29, 0.717) is 0 Å². The highest BCUT2D eigenvalue weighted by Crippen LogP contribution is 2.18. The van der Waals surface area contributed by atoms with Gasteiger partial charge in [0.15, 0.2) is 0 Å². The number of amides is 1. The average Bonchev–Trinajstić information content (AvgIpc) is 2.69. The Morgan fingerprint density at radius 1 is 0.923 bits per heavy atom. The third-order valence-electron chi connectivity index (χ3n) is 5.30. The minimum Gasteiger partial charge on any atom is -0.369 e. The lowest BCUT2D eigenvalue weighted by molar-refractivity contribution is -0.126. The van der Waals surface area contributed by atoms with E-state index in [1.54, 1.807) is 0 Å². The van der Waals surface area contributed by atoms with Crippen LogP contribution in [0, 0.1) is 6.92 Å². The molecule has 0 saturated carbocycles. The van der Waals surface area contributed by atoms with Gasteiger partial charge in [-0.25, -0.2) is 0 Å². The highest BCUT2D eigenvalue weighted by atomic mass is 16.2. The summed E-state index contributed by atoms with van der Waals surface area (Å²) < 4.78 is 0. The lowest BCUT2D eigenvalue weighted by atomic mass is 10.1. The molecule has 2 aromatic carbocycles. The molecule has 1 saturated heterocycles. The normalized spacial score (nSPS) is 17.6. The lowest BCUT2D eigenvalue weighted by Gasteiger charge is -2.38. The van der Waals surface area contributed by atoms with E-state index in [2.05, 4.69) is 58.4 Å². The Balaban J connectivity index is 1.52. The fourth-order valence-electron chi connectivity index (χ4n) is 3.45. The van der Waals surface area contributed by atoms with E-state index < -0.39 is 0 Å². The van der Waals surface area contributed by atoms with Crippen molar-refractivity contribution in [3.05, 3.63) is 65.7 Å². The molecular weight excluding hydrogens is 322 g/mol. The number of benzene rings is 2. The zero-order chi connectivity index (χ0) is 18.5. The molecule has 0 aromatic heterocycles. The molecule has 1 amide bonds. The van der Waals surface area contributed by atoms with Crippen molar-refractivity contribution in [2.24, 2.45) is 0 Å². The van der Waals surface area contributed by atoms with Gasteiger partial charge in [-0.1, -0.05) is 48.0 Å².